The van der Waals surface area contributed by atoms with E-state index in [4.69, 9.17) is 0 Å². The molecular formula is C26H24F4N4O. The van der Waals surface area contributed by atoms with E-state index in [0.717, 1.165) is 17.7 Å². The number of piperazine rings is 1. The van der Waals surface area contributed by atoms with Gasteiger partial charge in [0.2, 0.25) is 5.91 Å². The van der Waals surface area contributed by atoms with Crippen molar-refractivity contribution in [3.8, 4) is 0 Å². The first kappa shape index (κ1) is 23.1. The van der Waals surface area contributed by atoms with Gasteiger partial charge in [-0.1, -0.05) is 18.2 Å². The third-order valence-electron chi connectivity index (χ3n) is 6.76. The molecule has 2 aliphatic rings. The first-order valence-electron chi connectivity index (χ1n) is 11.4. The predicted octanol–water partition coefficient (Wildman–Crippen LogP) is 4.42. The standard InChI is InChI=1S/C26H24F4N4O/c27-21-5-1-2-6-23(21)33-10-11-34-22-8-7-19(26(28,29)30)12-18(22)13-20(24(34)16-33)25(35)32-15-17-4-3-9-31-14-17/h1-9,12,14,20,24H,10-11,13,15-16H2,(H,32,35)/t20-,24-/m0/s1. The minimum Gasteiger partial charge on any atom is -0.365 e. The number of pyridine rings is 1. The first-order chi connectivity index (χ1) is 16.8. The fourth-order valence-corrected chi connectivity index (χ4v) is 5.05. The van der Waals surface area contributed by atoms with Gasteiger partial charge in [0.25, 0.3) is 0 Å². The number of hydrogen-bond donors (Lipinski definition) is 1. The van der Waals surface area contributed by atoms with Crippen LogP contribution in [0.5, 0.6) is 0 Å². The van der Waals surface area contributed by atoms with E-state index in [-0.39, 0.29) is 30.7 Å². The molecule has 0 aliphatic carbocycles. The topological polar surface area (TPSA) is 48.5 Å². The maximum absolute atomic E-state index is 14.5. The van der Waals surface area contributed by atoms with Gasteiger partial charge in [-0.25, -0.2) is 4.39 Å². The van der Waals surface area contributed by atoms with E-state index in [1.165, 1.54) is 12.1 Å². The van der Waals surface area contributed by atoms with E-state index < -0.39 is 17.7 Å². The van der Waals surface area contributed by atoms with Crippen LogP contribution in [0.2, 0.25) is 0 Å². The summed E-state index contributed by atoms with van der Waals surface area (Å²) < 4.78 is 54.7. The second-order valence-corrected chi connectivity index (χ2v) is 8.89. The van der Waals surface area contributed by atoms with E-state index in [1.54, 1.807) is 36.7 Å². The Hall–Kier alpha value is -3.62. The summed E-state index contributed by atoms with van der Waals surface area (Å²) in [4.78, 5) is 21.3. The summed E-state index contributed by atoms with van der Waals surface area (Å²) >= 11 is 0. The summed E-state index contributed by atoms with van der Waals surface area (Å²) in [5.74, 6) is -1.19. The number of amides is 1. The number of para-hydroxylation sites is 1. The number of nitrogens with zero attached hydrogens (tertiary/aromatic N) is 3. The molecule has 5 rings (SSSR count). The Morgan fingerprint density at radius 3 is 2.63 bits per heavy atom. The highest BCUT2D eigenvalue weighted by molar-refractivity contribution is 5.82. The van der Waals surface area contributed by atoms with Gasteiger partial charge in [-0.05, 0) is 53.9 Å². The molecule has 0 saturated carbocycles. The molecule has 182 valence electrons. The predicted molar refractivity (Wildman–Crippen MR) is 124 cm³/mol. The summed E-state index contributed by atoms with van der Waals surface area (Å²) in [5, 5.41) is 2.92. The number of nitrogens with one attached hydrogen (secondary N) is 1. The summed E-state index contributed by atoms with van der Waals surface area (Å²) in [6.07, 6.45) is -1.00. The Bertz CT molecular complexity index is 1220. The molecule has 2 atom stereocenters. The smallest absolute Gasteiger partial charge is 0.365 e. The van der Waals surface area contributed by atoms with Crippen molar-refractivity contribution in [1.82, 2.24) is 10.3 Å². The second kappa shape index (κ2) is 9.20. The van der Waals surface area contributed by atoms with Gasteiger partial charge in [-0.3, -0.25) is 9.78 Å². The van der Waals surface area contributed by atoms with E-state index in [9.17, 15) is 22.4 Å². The van der Waals surface area contributed by atoms with Crippen molar-refractivity contribution in [2.75, 3.05) is 29.4 Å². The zero-order valence-corrected chi connectivity index (χ0v) is 18.8. The molecule has 1 amide bonds. The highest BCUT2D eigenvalue weighted by Crippen LogP contribution is 2.40. The van der Waals surface area contributed by atoms with Crippen molar-refractivity contribution in [2.24, 2.45) is 5.92 Å². The van der Waals surface area contributed by atoms with Crippen LogP contribution in [0.4, 0.5) is 28.9 Å². The second-order valence-electron chi connectivity index (χ2n) is 8.89. The number of anilines is 2. The zero-order valence-electron chi connectivity index (χ0n) is 18.8. The van der Waals surface area contributed by atoms with Crippen LogP contribution in [0, 0.1) is 11.7 Å². The largest absolute Gasteiger partial charge is 0.416 e. The number of alkyl halides is 3. The Morgan fingerprint density at radius 2 is 1.89 bits per heavy atom. The SMILES string of the molecule is O=C(NCc1cccnc1)[C@H]1Cc2cc(C(F)(F)F)ccc2N2CCN(c3ccccc3F)C[C@@H]12. The summed E-state index contributed by atoms with van der Waals surface area (Å²) in [5.41, 5.74) is 1.75. The molecule has 0 unspecified atom stereocenters. The summed E-state index contributed by atoms with van der Waals surface area (Å²) in [7, 11) is 0. The number of carbonyl (C=O) groups excluding carboxylic acids is 1. The highest BCUT2D eigenvalue weighted by atomic mass is 19.4. The third kappa shape index (κ3) is 4.67. The fourth-order valence-electron chi connectivity index (χ4n) is 5.05. The number of aromatic nitrogens is 1. The van der Waals surface area contributed by atoms with Gasteiger partial charge in [-0.15, -0.1) is 0 Å². The molecule has 5 nitrogen and oxygen atoms in total. The highest BCUT2D eigenvalue weighted by Gasteiger charge is 2.43. The Kier molecular flexibility index (Phi) is 6.08. The van der Waals surface area contributed by atoms with Gasteiger partial charge in [0, 0.05) is 44.3 Å². The number of benzene rings is 2. The van der Waals surface area contributed by atoms with E-state index >= 15 is 0 Å². The van der Waals surface area contributed by atoms with Crippen LogP contribution in [-0.2, 0) is 23.9 Å². The van der Waals surface area contributed by atoms with E-state index in [1.807, 2.05) is 15.9 Å². The number of rotatable bonds is 4. The Labute approximate surface area is 200 Å². The quantitative estimate of drug-likeness (QED) is 0.557. The fraction of sp³-hybridized carbons (Fsp3) is 0.308. The minimum absolute atomic E-state index is 0.171. The number of halogens is 4. The molecule has 0 bridgehead atoms. The summed E-state index contributed by atoms with van der Waals surface area (Å²) in [6, 6.07) is 13.5. The van der Waals surface area contributed by atoms with Gasteiger partial charge in [0.1, 0.15) is 5.82 Å². The molecule has 1 N–H and O–H groups in total. The lowest BCUT2D eigenvalue weighted by molar-refractivity contribution is -0.137. The van der Waals surface area contributed by atoms with Crippen LogP contribution in [0.1, 0.15) is 16.7 Å². The molecule has 1 saturated heterocycles. The zero-order chi connectivity index (χ0) is 24.6. The maximum Gasteiger partial charge on any atom is 0.416 e. The number of hydrogen-bond acceptors (Lipinski definition) is 4. The lowest BCUT2D eigenvalue weighted by atomic mass is 9.82. The average molecular weight is 484 g/mol. The van der Waals surface area contributed by atoms with Crippen LogP contribution in [0.15, 0.2) is 67.0 Å². The van der Waals surface area contributed by atoms with Crippen LogP contribution in [0.25, 0.3) is 0 Å². The Morgan fingerprint density at radius 1 is 1.06 bits per heavy atom. The molecule has 0 spiro atoms. The third-order valence-corrected chi connectivity index (χ3v) is 6.76. The van der Waals surface area contributed by atoms with Crippen LogP contribution >= 0.6 is 0 Å². The van der Waals surface area contributed by atoms with Gasteiger partial charge in [0.15, 0.2) is 0 Å². The molecule has 2 aromatic carbocycles. The minimum atomic E-state index is -4.46. The molecule has 1 aromatic heterocycles. The molecule has 3 aromatic rings. The lowest BCUT2D eigenvalue weighted by Crippen LogP contribution is -2.61. The van der Waals surface area contributed by atoms with Crippen molar-refractivity contribution < 1.29 is 22.4 Å². The molecule has 0 radical (unpaired) electrons. The van der Waals surface area contributed by atoms with Gasteiger partial charge in [-0.2, -0.15) is 13.2 Å². The normalized spacial score (nSPS) is 19.7. The molecule has 35 heavy (non-hydrogen) atoms. The maximum atomic E-state index is 14.5. The molecule has 1 fully saturated rings. The lowest BCUT2D eigenvalue weighted by Gasteiger charge is -2.49. The molecule has 3 heterocycles. The van der Waals surface area contributed by atoms with Crippen LogP contribution in [-0.4, -0.2) is 36.6 Å². The van der Waals surface area contributed by atoms with Gasteiger partial charge in [0.05, 0.1) is 23.2 Å². The van der Waals surface area contributed by atoms with Crippen molar-refractivity contribution >= 4 is 17.3 Å². The van der Waals surface area contributed by atoms with Crippen molar-refractivity contribution in [1.29, 1.82) is 0 Å². The first-order valence-corrected chi connectivity index (χ1v) is 11.4. The molecule has 9 heteroatoms. The van der Waals surface area contributed by atoms with E-state index in [0.29, 0.717) is 36.6 Å². The monoisotopic (exact) mass is 484 g/mol. The average Bonchev–Trinajstić information content (AvgIpc) is 2.86. The Balaban J connectivity index is 1.45. The molecule has 2 aliphatic heterocycles. The summed E-state index contributed by atoms with van der Waals surface area (Å²) in [6.45, 7) is 1.60. The van der Waals surface area contributed by atoms with Gasteiger partial charge < -0.3 is 15.1 Å². The van der Waals surface area contributed by atoms with Crippen molar-refractivity contribution in [2.45, 2.75) is 25.2 Å². The van der Waals surface area contributed by atoms with Crippen molar-refractivity contribution in [3.05, 3.63) is 89.5 Å². The van der Waals surface area contributed by atoms with Crippen LogP contribution in [0.3, 0.4) is 0 Å². The number of carbonyl (C=O) groups is 1. The number of fused-ring (bicyclic) bond motifs is 3. The van der Waals surface area contributed by atoms with Crippen LogP contribution < -0.4 is 15.1 Å². The van der Waals surface area contributed by atoms with E-state index in [2.05, 4.69) is 10.3 Å². The van der Waals surface area contributed by atoms with Crippen molar-refractivity contribution in [3.63, 3.8) is 0 Å². The van der Waals surface area contributed by atoms with Gasteiger partial charge >= 0.3 is 6.18 Å². The molecular weight excluding hydrogens is 460 g/mol.